The molecule has 0 aromatic heterocycles. The van der Waals surface area contributed by atoms with Crippen LogP contribution in [0.1, 0.15) is 12.0 Å². The van der Waals surface area contributed by atoms with Gasteiger partial charge >= 0.3 is 0 Å². The van der Waals surface area contributed by atoms with Crippen LogP contribution in [0.5, 0.6) is 5.75 Å². The van der Waals surface area contributed by atoms with Crippen molar-refractivity contribution in [3.8, 4) is 5.75 Å². The lowest BCUT2D eigenvalue weighted by Gasteiger charge is -2.26. The summed E-state index contributed by atoms with van der Waals surface area (Å²) in [6, 6.07) is 15.2. The van der Waals surface area contributed by atoms with E-state index >= 15 is 0 Å². The van der Waals surface area contributed by atoms with E-state index in [1.165, 1.54) is 0 Å². The molecular weight excluding hydrogens is 292 g/mol. The van der Waals surface area contributed by atoms with Crippen LogP contribution in [0.25, 0.3) is 0 Å². The lowest BCUT2D eigenvalue weighted by molar-refractivity contribution is -0.121. The molecule has 1 aliphatic heterocycles. The molecule has 0 unspecified atom stereocenters. The van der Waals surface area contributed by atoms with Gasteiger partial charge in [0.2, 0.25) is 5.91 Å². The molecule has 5 nitrogen and oxygen atoms in total. The van der Waals surface area contributed by atoms with Crippen LogP contribution >= 0.6 is 0 Å². The van der Waals surface area contributed by atoms with Crippen LogP contribution < -0.4 is 15.0 Å². The van der Waals surface area contributed by atoms with E-state index in [0.717, 1.165) is 5.56 Å². The number of aryl methyl sites for hydroxylation is 1. The second-order valence-corrected chi connectivity index (χ2v) is 5.46. The van der Waals surface area contributed by atoms with Crippen LogP contribution in [0.3, 0.4) is 0 Å². The minimum Gasteiger partial charge on any atom is -0.481 e. The van der Waals surface area contributed by atoms with Gasteiger partial charge in [-0.15, -0.1) is 0 Å². The van der Waals surface area contributed by atoms with Crippen LogP contribution in [0.2, 0.25) is 0 Å². The van der Waals surface area contributed by atoms with E-state index in [2.05, 4.69) is 5.32 Å². The molecule has 2 aromatic rings. The van der Waals surface area contributed by atoms with Gasteiger partial charge in [-0.05, 0) is 24.1 Å². The molecule has 0 radical (unpaired) electrons. The van der Waals surface area contributed by atoms with Crippen molar-refractivity contribution < 1.29 is 14.3 Å². The third kappa shape index (κ3) is 3.51. The zero-order valence-corrected chi connectivity index (χ0v) is 12.9. The molecular formula is C18H18N2O3. The minimum absolute atomic E-state index is 0.0227. The maximum absolute atomic E-state index is 12.1. The number of nitrogens with one attached hydrogen (secondary N) is 1. The summed E-state index contributed by atoms with van der Waals surface area (Å²) < 4.78 is 5.42. The number of hydrogen-bond donors (Lipinski definition) is 1. The number of fused-ring (bicyclic) bond motifs is 1. The monoisotopic (exact) mass is 310 g/mol. The SMILES string of the molecule is CN1C(=O)COc2cc(NC(=O)CCc3ccccc3)ccc21. The maximum Gasteiger partial charge on any atom is 0.264 e. The summed E-state index contributed by atoms with van der Waals surface area (Å²) in [6.45, 7) is 0.0227. The first kappa shape index (κ1) is 15.1. The first-order chi connectivity index (χ1) is 11.1. The van der Waals surface area contributed by atoms with E-state index in [4.69, 9.17) is 4.74 Å². The van der Waals surface area contributed by atoms with Crippen molar-refractivity contribution in [2.24, 2.45) is 0 Å². The largest absolute Gasteiger partial charge is 0.481 e. The molecule has 0 atom stereocenters. The smallest absolute Gasteiger partial charge is 0.264 e. The second-order valence-electron chi connectivity index (χ2n) is 5.46. The Kier molecular flexibility index (Phi) is 4.28. The molecule has 0 aliphatic carbocycles. The van der Waals surface area contributed by atoms with Crippen LogP contribution in [0.4, 0.5) is 11.4 Å². The van der Waals surface area contributed by atoms with Gasteiger partial charge in [-0.3, -0.25) is 9.59 Å². The molecule has 1 N–H and O–H groups in total. The van der Waals surface area contributed by atoms with Crippen molar-refractivity contribution in [1.82, 2.24) is 0 Å². The van der Waals surface area contributed by atoms with Crippen molar-refractivity contribution >= 4 is 23.2 Å². The predicted octanol–water partition coefficient (Wildman–Crippen LogP) is 2.61. The van der Waals surface area contributed by atoms with E-state index in [-0.39, 0.29) is 18.4 Å². The number of likely N-dealkylation sites (N-methyl/N-ethyl adjacent to an activating group) is 1. The zero-order chi connectivity index (χ0) is 16.2. The van der Waals surface area contributed by atoms with Gasteiger partial charge in [0.25, 0.3) is 5.91 Å². The number of carbonyl (C=O) groups excluding carboxylic acids is 2. The molecule has 0 bridgehead atoms. The second kappa shape index (κ2) is 6.52. The molecule has 23 heavy (non-hydrogen) atoms. The molecule has 2 amide bonds. The normalized spacial score (nSPS) is 13.3. The number of anilines is 2. The fourth-order valence-electron chi connectivity index (χ4n) is 2.48. The standard InChI is InChI=1S/C18H18N2O3/c1-20-15-9-8-14(11-16(15)23-12-18(20)22)19-17(21)10-7-13-5-3-2-4-6-13/h2-6,8-9,11H,7,10,12H2,1H3,(H,19,21). The summed E-state index contributed by atoms with van der Waals surface area (Å²) >= 11 is 0. The van der Waals surface area contributed by atoms with Gasteiger partial charge in [-0.2, -0.15) is 0 Å². The number of ether oxygens (including phenoxy) is 1. The third-order valence-electron chi connectivity index (χ3n) is 3.81. The van der Waals surface area contributed by atoms with Crippen molar-refractivity contribution in [2.45, 2.75) is 12.8 Å². The average molecular weight is 310 g/mol. The molecule has 1 aliphatic rings. The van der Waals surface area contributed by atoms with Gasteiger partial charge in [-0.25, -0.2) is 0 Å². The molecule has 118 valence electrons. The highest BCUT2D eigenvalue weighted by molar-refractivity contribution is 5.98. The molecule has 2 aromatic carbocycles. The molecule has 0 saturated carbocycles. The van der Waals surface area contributed by atoms with Crippen LogP contribution in [-0.4, -0.2) is 25.5 Å². The summed E-state index contributed by atoms with van der Waals surface area (Å²) in [5.74, 6) is 0.471. The van der Waals surface area contributed by atoms with E-state index in [9.17, 15) is 9.59 Å². The Morgan fingerprint density at radius 1 is 1.22 bits per heavy atom. The number of hydrogen-bond acceptors (Lipinski definition) is 3. The minimum atomic E-state index is -0.0860. The molecule has 0 spiro atoms. The summed E-state index contributed by atoms with van der Waals surface area (Å²) in [7, 11) is 1.71. The van der Waals surface area contributed by atoms with Gasteiger partial charge < -0.3 is 15.0 Å². The Bertz CT molecular complexity index is 728. The zero-order valence-electron chi connectivity index (χ0n) is 12.9. The number of carbonyl (C=O) groups is 2. The average Bonchev–Trinajstić information content (AvgIpc) is 2.57. The van der Waals surface area contributed by atoms with E-state index in [0.29, 0.717) is 30.0 Å². The Morgan fingerprint density at radius 3 is 2.78 bits per heavy atom. The summed E-state index contributed by atoms with van der Waals surface area (Å²) in [5, 5.41) is 2.87. The first-order valence-corrected chi connectivity index (χ1v) is 7.50. The third-order valence-corrected chi connectivity index (χ3v) is 3.81. The predicted molar refractivity (Wildman–Crippen MR) is 88.7 cm³/mol. The van der Waals surface area contributed by atoms with Crippen molar-refractivity contribution in [3.05, 3.63) is 54.1 Å². The lowest BCUT2D eigenvalue weighted by Crippen LogP contribution is -2.35. The Labute approximate surface area is 134 Å². The topological polar surface area (TPSA) is 58.6 Å². The number of nitrogens with zero attached hydrogens (tertiary/aromatic N) is 1. The molecule has 0 fully saturated rings. The molecule has 0 saturated heterocycles. The lowest BCUT2D eigenvalue weighted by atomic mass is 10.1. The number of benzene rings is 2. The highest BCUT2D eigenvalue weighted by atomic mass is 16.5. The van der Waals surface area contributed by atoms with Gasteiger partial charge in [-0.1, -0.05) is 30.3 Å². The van der Waals surface area contributed by atoms with Crippen LogP contribution in [0.15, 0.2) is 48.5 Å². The number of amides is 2. The van der Waals surface area contributed by atoms with Crippen molar-refractivity contribution in [1.29, 1.82) is 0 Å². The first-order valence-electron chi connectivity index (χ1n) is 7.50. The van der Waals surface area contributed by atoms with Crippen molar-refractivity contribution in [2.75, 3.05) is 23.9 Å². The Balaban J connectivity index is 1.62. The van der Waals surface area contributed by atoms with Crippen LogP contribution in [0, 0.1) is 0 Å². The quantitative estimate of drug-likeness (QED) is 0.944. The van der Waals surface area contributed by atoms with E-state index in [1.54, 1.807) is 30.1 Å². The Hall–Kier alpha value is -2.82. The summed E-state index contributed by atoms with van der Waals surface area (Å²) in [4.78, 5) is 25.2. The molecule has 1 heterocycles. The highest BCUT2D eigenvalue weighted by Gasteiger charge is 2.22. The van der Waals surface area contributed by atoms with Gasteiger partial charge in [0.05, 0.1) is 5.69 Å². The summed E-state index contributed by atoms with van der Waals surface area (Å²) in [5.41, 5.74) is 2.52. The van der Waals surface area contributed by atoms with Gasteiger partial charge in [0.1, 0.15) is 5.75 Å². The Morgan fingerprint density at radius 2 is 2.00 bits per heavy atom. The van der Waals surface area contributed by atoms with Gasteiger partial charge in [0, 0.05) is 25.2 Å². The van der Waals surface area contributed by atoms with Gasteiger partial charge in [0.15, 0.2) is 6.61 Å². The maximum atomic E-state index is 12.1. The van der Waals surface area contributed by atoms with Crippen molar-refractivity contribution in [3.63, 3.8) is 0 Å². The van der Waals surface area contributed by atoms with E-state index < -0.39 is 0 Å². The number of rotatable bonds is 4. The molecule has 3 rings (SSSR count). The summed E-state index contributed by atoms with van der Waals surface area (Å²) in [6.07, 6.45) is 1.12. The van der Waals surface area contributed by atoms with Crippen LogP contribution in [-0.2, 0) is 16.0 Å². The fourth-order valence-corrected chi connectivity index (χ4v) is 2.48. The molecule has 5 heteroatoms. The highest BCUT2D eigenvalue weighted by Crippen LogP contribution is 2.33. The van der Waals surface area contributed by atoms with E-state index in [1.807, 2.05) is 30.3 Å². The fraction of sp³-hybridized carbons (Fsp3) is 0.222.